The summed E-state index contributed by atoms with van der Waals surface area (Å²) in [5.41, 5.74) is 0.916. The maximum Gasteiger partial charge on any atom is 0.416 e. The highest BCUT2D eigenvalue weighted by Crippen LogP contribution is 2.29. The van der Waals surface area contributed by atoms with E-state index in [1.807, 2.05) is 58.0 Å². The van der Waals surface area contributed by atoms with Crippen molar-refractivity contribution in [2.24, 2.45) is 11.3 Å². The number of carbonyl (C=O) groups is 2. The molecular weight excluding hydrogens is 266 g/mol. The van der Waals surface area contributed by atoms with Gasteiger partial charge in [-0.25, -0.2) is 9.69 Å². The molecule has 1 unspecified atom stereocenters. The molecule has 4 heteroatoms. The van der Waals surface area contributed by atoms with Crippen LogP contribution in [0.2, 0.25) is 0 Å². The molecule has 0 aliphatic carbocycles. The van der Waals surface area contributed by atoms with Gasteiger partial charge in [0.25, 0.3) is 0 Å². The molecule has 0 aromatic heterocycles. The van der Waals surface area contributed by atoms with E-state index in [0.29, 0.717) is 6.42 Å². The van der Waals surface area contributed by atoms with E-state index in [0.717, 1.165) is 5.56 Å². The Morgan fingerprint density at radius 2 is 1.95 bits per heavy atom. The standard InChI is InChI=1S/C17H23NO3/c1-12(17(2,3)4)15(19)18-14(11-21-16(18)20)10-13-8-6-5-7-9-13/h5-9,12,14H,10-11H2,1-4H3/t12?,14-/m0/s1. The third-order valence-electron chi connectivity index (χ3n) is 4.18. The van der Waals surface area contributed by atoms with Crippen LogP contribution in [0.4, 0.5) is 4.79 Å². The van der Waals surface area contributed by atoms with Gasteiger partial charge in [-0.1, -0.05) is 58.0 Å². The number of nitrogens with zero attached hydrogens (tertiary/aromatic N) is 1. The fourth-order valence-electron chi connectivity index (χ4n) is 2.35. The summed E-state index contributed by atoms with van der Waals surface area (Å²) in [5, 5.41) is 0. The van der Waals surface area contributed by atoms with Crippen molar-refractivity contribution in [3.63, 3.8) is 0 Å². The molecular formula is C17H23NO3. The lowest BCUT2D eigenvalue weighted by molar-refractivity contribution is -0.136. The van der Waals surface area contributed by atoms with Gasteiger partial charge in [-0.2, -0.15) is 0 Å². The quantitative estimate of drug-likeness (QED) is 0.858. The Morgan fingerprint density at radius 1 is 1.33 bits per heavy atom. The van der Waals surface area contributed by atoms with Gasteiger partial charge in [-0.05, 0) is 17.4 Å². The van der Waals surface area contributed by atoms with Gasteiger partial charge in [0.15, 0.2) is 0 Å². The highest BCUT2D eigenvalue weighted by molar-refractivity contribution is 5.95. The average molecular weight is 289 g/mol. The summed E-state index contributed by atoms with van der Waals surface area (Å²) in [6.07, 6.45) is 0.117. The van der Waals surface area contributed by atoms with Gasteiger partial charge in [0, 0.05) is 5.92 Å². The minimum absolute atomic E-state index is 0.147. The fourth-order valence-corrected chi connectivity index (χ4v) is 2.35. The van der Waals surface area contributed by atoms with Crippen LogP contribution in [0, 0.1) is 11.3 Å². The van der Waals surface area contributed by atoms with Gasteiger partial charge >= 0.3 is 6.09 Å². The first-order valence-corrected chi connectivity index (χ1v) is 7.34. The predicted octanol–water partition coefficient (Wildman–Crippen LogP) is 3.26. The molecule has 0 spiro atoms. The minimum Gasteiger partial charge on any atom is -0.447 e. The first-order valence-electron chi connectivity index (χ1n) is 7.34. The number of amides is 2. The van der Waals surface area contributed by atoms with Gasteiger partial charge < -0.3 is 4.74 Å². The summed E-state index contributed by atoms with van der Waals surface area (Å²) in [6, 6.07) is 9.65. The number of rotatable bonds is 3. The van der Waals surface area contributed by atoms with E-state index in [1.165, 1.54) is 4.90 Å². The molecule has 0 radical (unpaired) electrons. The summed E-state index contributed by atoms with van der Waals surface area (Å²) in [4.78, 5) is 25.9. The second kappa shape index (κ2) is 5.88. The van der Waals surface area contributed by atoms with Crippen molar-refractivity contribution in [3.05, 3.63) is 35.9 Å². The van der Waals surface area contributed by atoms with E-state index in [2.05, 4.69) is 0 Å². The van der Waals surface area contributed by atoms with Crippen molar-refractivity contribution in [2.75, 3.05) is 6.61 Å². The zero-order valence-electron chi connectivity index (χ0n) is 13.1. The summed E-state index contributed by atoms with van der Waals surface area (Å²) in [7, 11) is 0. The van der Waals surface area contributed by atoms with Crippen LogP contribution < -0.4 is 0 Å². The van der Waals surface area contributed by atoms with Crippen molar-refractivity contribution in [2.45, 2.75) is 40.2 Å². The van der Waals surface area contributed by atoms with Crippen LogP contribution in [0.1, 0.15) is 33.3 Å². The molecule has 21 heavy (non-hydrogen) atoms. The van der Waals surface area contributed by atoms with Crippen LogP contribution in [0.15, 0.2) is 30.3 Å². The molecule has 1 aromatic rings. The van der Waals surface area contributed by atoms with Crippen molar-refractivity contribution in [1.29, 1.82) is 0 Å². The van der Waals surface area contributed by atoms with E-state index >= 15 is 0 Å². The van der Waals surface area contributed by atoms with Crippen LogP contribution in [0.5, 0.6) is 0 Å². The molecule has 2 amide bonds. The number of carbonyl (C=O) groups excluding carboxylic acids is 2. The Bertz CT molecular complexity index is 519. The summed E-state index contributed by atoms with van der Waals surface area (Å²) < 4.78 is 5.10. The lowest BCUT2D eigenvalue weighted by Crippen LogP contribution is -2.45. The van der Waals surface area contributed by atoms with Crippen molar-refractivity contribution in [3.8, 4) is 0 Å². The molecule has 114 valence electrons. The molecule has 1 heterocycles. The normalized spacial score (nSPS) is 20.3. The lowest BCUT2D eigenvalue weighted by Gasteiger charge is -2.30. The van der Waals surface area contributed by atoms with E-state index < -0.39 is 6.09 Å². The number of hydrogen-bond acceptors (Lipinski definition) is 3. The molecule has 1 saturated heterocycles. The van der Waals surface area contributed by atoms with Crippen LogP contribution in [0.25, 0.3) is 0 Å². The Balaban J connectivity index is 2.15. The maximum absolute atomic E-state index is 12.6. The second-order valence-corrected chi connectivity index (χ2v) is 6.72. The van der Waals surface area contributed by atoms with Crippen molar-refractivity contribution < 1.29 is 14.3 Å². The predicted molar refractivity (Wildman–Crippen MR) is 80.7 cm³/mol. The Kier molecular flexibility index (Phi) is 4.35. The molecule has 1 aliphatic rings. The van der Waals surface area contributed by atoms with Gasteiger partial charge in [-0.15, -0.1) is 0 Å². The molecule has 0 bridgehead atoms. The first kappa shape index (κ1) is 15.5. The first-order chi connectivity index (χ1) is 9.80. The number of cyclic esters (lactones) is 1. The highest BCUT2D eigenvalue weighted by atomic mass is 16.6. The number of ether oxygens (including phenoxy) is 1. The molecule has 4 nitrogen and oxygen atoms in total. The molecule has 2 rings (SSSR count). The van der Waals surface area contributed by atoms with Gasteiger partial charge in [-0.3, -0.25) is 4.79 Å². The lowest BCUT2D eigenvalue weighted by atomic mass is 9.81. The van der Waals surface area contributed by atoms with Crippen LogP contribution >= 0.6 is 0 Å². The topological polar surface area (TPSA) is 46.6 Å². The smallest absolute Gasteiger partial charge is 0.416 e. The van der Waals surface area contributed by atoms with Crippen LogP contribution in [0.3, 0.4) is 0 Å². The molecule has 1 aromatic carbocycles. The zero-order chi connectivity index (χ0) is 15.6. The third-order valence-corrected chi connectivity index (χ3v) is 4.18. The van der Waals surface area contributed by atoms with E-state index in [4.69, 9.17) is 4.74 Å². The minimum atomic E-state index is -0.517. The SMILES string of the molecule is CC(C(=O)N1C(=O)OC[C@@H]1Cc1ccccc1)C(C)(C)C. The van der Waals surface area contributed by atoms with E-state index in [-0.39, 0.29) is 29.9 Å². The number of benzene rings is 1. The third kappa shape index (κ3) is 3.43. The fraction of sp³-hybridized carbons (Fsp3) is 0.529. The van der Waals surface area contributed by atoms with Crippen molar-refractivity contribution in [1.82, 2.24) is 4.90 Å². The zero-order valence-corrected chi connectivity index (χ0v) is 13.1. The average Bonchev–Trinajstić information content (AvgIpc) is 2.78. The Labute approximate surface area is 126 Å². The summed E-state index contributed by atoms with van der Waals surface area (Å²) in [6.45, 7) is 8.15. The largest absolute Gasteiger partial charge is 0.447 e. The molecule has 1 fully saturated rings. The van der Waals surface area contributed by atoms with Gasteiger partial charge in [0.05, 0.1) is 6.04 Å². The van der Waals surface area contributed by atoms with Gasteiger partial charge in [0.2, 0.25) is 5.91 Å². The number of imide groups is 1. The molecule has 2 atom stereocenters. The number of hydrogen-bond donors (Lipinski definition) is 0. The highest BCUT2D eigenvalue weighted by Gasteiger charge is 2.42. The van der Waals surface area contributed by atoms with Crippen LogP contribution in [-0.2, 0) is 16.0 Å². The maximum atomic E-state index is 12.6. The van der Waals surface area contributed by atoms with Crippen molar-refractivity contribution >= 4 is 12.0 Å². The molecule has 1 aliphatic heterocycles. The summed E-state index contributed by atoms with van der Waals surface area (Å²) in [5.74, 6) is -0.382. The second-order valence-electron chi connectivity index (χ2n) is 6.72. The monoisotopic (exact) mass is 289 g/mol. The molecule has 0 N–H and O–H groups in total. The van der Waals surface area contributed by atoms with Crippen LogP contribution in [-0.4, -0.2) is 29.5 Å². The van der Waals surface area contributed by atoms with E-state index in [9.17, 15) is 9.59 Å². The summed E-state index contributed by atoms with van der Waals surface area (Å²) >= 11 is 0. The van der Waals surface area contributed by atoms with E-state index in [1.54, 1.807) is 0 Å². The Morgan fingerprint density at radius 3 is 2.52 bits per heavy atom. The Hall–Kier alpha value is -1.84. The molecule has 0 saturated carbocycles. The van der Waals surface area contributed by atoms with Gasteiger partial charge in [0.1, 0.15) is 6.61 Å².